The number of aliphatic hydroxyl groups is 1. The van der Waals surface area contributed by atoms with E-state index in [0.717, 1.165) is 42.5 Å². The normalized spacial score (nSPS) is 18.3. The van der Waals surface area contributed by atoms with E-state index in [9.17, 15) is 25.2 Å². The molecule has 190 valence electrons. The molecule has 5 N–H and O–H groups in total. The Balaban J connectivity index is 1.77. The molecule has 1 unspecified atom stereocenters. The molecule has 3 rings (SSSR count). The molecular formula is C27H35NO7. The van der Waals surface area contributed by atoms with Gasteiger partial charge in [-0.15, -0.1) is 0 Å². The van der Waals surface area contributed by atoms with Gasteiger partial charge in [-0.2, -0.15) is 0 Å². The molecule has 0 saturated heterocycles. The van der Waals surface area contributed by atoms with Gasteiger partial charge in [-0.05, 0) is 36.6 Å². The third kappa shape index (κ3) is 6.66. The second-order valence-electron chi connectivity index (χ2n) is 9.11. The van der Waals surface area contributed by atoms with Crippen LogP contribution in [0.3, 0.4) is 0 Å². The van der Waals surface area contributed by atoms with Gasteiger partial charge in [0.05, 0.1) is 5.71 Å². The molecule has 0 amide bonds. The smallest absolute Gasteiger partial charge is 0.325 e. The Morgan fingerprint density at radius 2 is 1.60 bits per heavy atom. The van der Waals surface area contributed by atoms with Crippen LogP contribution in [0.2, 0.25) is 0 Å². The molecule has 8 nitrogen and oxygen atoms in total. The van der Waals surface area contributed by atoms with E-state index in [2.05, 4.69) is 11.9 Å². The van der Waals surface area contributed by atoms with E-state index in [4.69, 9.17) is 9.84 Å². The number of fused-ring (bicyclic) bond motifs is 1. The summed E-state index contributed by atoms with van der Waals surface area (Å²) in [5.74, 6) is -5.01. The van der Waals surface area contributed by atoms with Gasteiger partial charge in [0, 0.05) is 17.5 Å². The van der Waals surface area contributed by atoms with Gasteiger partial charge in [0.25, 0.3) is 5.79 Å². The SMILES string of the molecule is CCCCCCCCCCc1ccc2c(c1)OC(O)(c1cc(O)c(O)c(O)c1)C(=NCC(=O)O)C2. The number of aliphatic carboxylic acids is 1. The number of ether oxygens (including phenoxy) is 1. The first-order chi connectivity index (χ1) is 16.7. The van der Waals surface area contributed by atoms with Crippen molar-refractivity contribution >= 4 is 11.7 Å². The number of aromatic hydroxyl groups is 3. The number of aryl methyl sites for hydroxylation is 1. The van der Waals surface area contributed by atoms with E-state index in [1.165, 1.54) is 38.5 Å². The maximum atomic E-state index is 11.5. The molecule has 2 aromatic rings. The lowest BCUT2D eigenvalue weighted by Gasteiger charge is -2.36. The summed E-state index contributed by atoms with van der Waals surface area (Å²) in [6, 6.07) is 7.86. The number of carboxylic acid groups (broad SMARTS) is 1. The number of phenolic OH excluding ortho intramolecular Hbond substituents is 3. The molecule has 1 aliphatic heterocycles. The predicted molar refractivity (Wildman–Crippen MR) is 132 cm³/mol. The number of phenols is 3. The van der Waals surface area contributed by atoms with Crippen LogP contribution >= 0.6 is 0 Å². The van der Waals surface area contributed by atoms with Gasteiger partial charge in [-0.25, -0.2) is 0 Å². The molecular weight excluding hydrogens is 450 g/mol. The number of benzene rings is 2. The zero-order valence-electron chi connectivity index (χ0n) is 20.2. The van der Waals surface area contributed by atoms with E-state index in [0.29, 0.717) is 5.75 Å². The van der Waals surface area contributed by atoms with Crippen molar-refractivity contribution in [2.45, 2.75) is 76.9 Å². The van der Waals surface area contributed by atoms with Crippen molar-refractivity contribution in [3.05, 3.63) is 47.0 Å². The summed E-state index contributed by atoms with van der Waals surface area (Å²) in [7, 11) is 0. The zero-order valence-corrected chi connectivity index (χ0v) is 20.2. The Hall–Kier alpha value is -3.26. The number of nitrogens with zero attached hydrogens (tertiary/aromatic N) is 1. The molecule has 35 heavy (non-hydrogen) atoms. The third-order valence-corrected chi connectivity index (χ3v) is 6.32. The number of carbonyl (C=O) groups is 1. The second-order valence-corrected chi connectivity index (χ2v) is 9.11. The van der Waals surface area contributed by atoms with Crippen molar-refractivity contribution in [3.8, 4) is 23.0 Å². The Morgan fingerprint density at radius 1 is 0.971 bits per heavy atom. The predicted octanol–water partition coefficient (Wildman–Crippen LogP) is 4.79. The van der Waals surface area contributed by atoms with E-state index >= 15 is 0 Å². The van der Waals surface area contributed by atoms with Crippen LogP contribution in [0.1, 0.15) is 75.0 Å². The highest BCUT2D eigenvalue weighted by atomic mass is 16.6. The van der Waals surface area contributed by atoms with E-state index in [1.54, 1.807) is 0 Å². The maximum Gasteiger partial charge on any atom is 0.325 e. The number of hydrogen-bond acceptors (Lipinski definition) is 7. The Morgan fingerprint density at radius 3 is 2.23 bits per heavy atom. The molecule has 8 heteroatoms. The van der Waals surface area contributed by atoms with Crippen LogP contribution in [0.15, 0.2) is 35.3 Å². The topological polar surface area (TPSA) is 140 Å². The molecule has 1 aliphatic rings. The summed E-state index contributed by atoms with van der Waals surface area (Å²) < 4.78 is 5.95. The van der Waals surface area contributed by atoms with E-state index in [1.807, 2.05) is 18.2 Å². The fourth-order valence-corrected chi connectivity index (χ4v) is 4.33. The monoisotopic (exact) mass is 485 g/mol. The van der Waals surface area contributed by atoms with Crippen molar-refractivity contribution in [1.82, 2.24) is 0 Å². The lowest BCUT2D eigenvalue weighted by atomic mass is 9.90. The lowest BCUT2D eigenvalue weighted by Crippen LogP contribution is -2.46. The van der Waals surface area contributed by atoms with Crippen LogP contribution in [0, 0.1) is 0 Å². The van der Waals surface area contributed by atoms with Crippen LogP contribution in [-0.2, 0) is 23.4 Å². The minimum Gasteiger partial charge on any atom is -0.504 e. The van der Waals surface area contributed by atoms with Gasteiger partial charge in [-0.1, -0.05) is 64.0 Å². The first-order valence-corrected chi connectivity index (χ1v) is 12.3. The van der Waals surface area contributed by atoms with Gasteiger partial charge in [0.1, 0.15) is 12.3 Å². The quantitative estimate of drug-likeness (QED) is 0.215. The van der Waals surface area contributed by atoms with Crippen molar-refractivity contribution < 1.29 is 35.1 Å². The number of hydrogen-bond donors (Lipinski definition) is 5. The van der Waals surface area contributed by atoms with Crippen LogP contribution in [0.5, 0.6) is 23.0 Å². The first kappa shape index (κ1) is 26.3. The molecule has 1 atom stereocenters. The second kappa shape index (κ2) is 11.9. The van der Waals surface area contributed by atoms with Crippen molar-refractivity contribution in [3.63, 3.8) is 0 Å². The van der Waals surface area contributed by atoms with Crippen LogP contribution in [-0.4, -0.2) is 43.8 Å². The molecule has 0 radical (unpaired) electrons. The summed E-state index contributed by atoms with van der Waals surface area (Å²) >= 11 is 0. The molecule has 0 spiro atoms. The van der Waals surface area contributed by atoms with Gasteiger partial charge < -0.3 is 30.3 Å². The van der Waals surface area contributed by atoms with Crippen LogP contribution < -0.4 is 4.74 Å². The van der Waals surface area contributed by atoms with Gasteiger partial charge >= 0.3 is 5.97 Å². The zero-order chi connectivity index (χ0) is 25.4. The average Bonchev–Trinajstić information content (AvgIpc) is 2.82. The summed E-state index contributed by atoms with van der Waals surface area (Å²) in [5, 5.41) is 50.2. The number of aliphatic imine (C=N–C) groups is 1. The summed E-state index contributed by atoms with van der Waals surface area (Å²) in [5.41, 5.74) is 1.74. The van der Waals surface area contributed by atoms with Gasteiger partial charge in [0.2, 0.25) is 0 Å². The van der Waals surface area contributed by atoms with Crippen molar-refractivity contribution in [1.29, 1.82) is 0 Å². The molecule has 2 aromatic carbocycles. The molecule has 0 bridgehead atoms. The molecule has 0 fully saturated rings. The Labute approximate surface area is 205 Å². The fraction of sp³-hybridized carbons (Fsp3) is 0.481. The summed E-state index contributed by atoms with van der Waals surface area (Å²) in [6.07, 6.45) is 10.8. The standard InChI is InChI=1S/C27H35NO7/c1-2-3-4-5-6-7-8-9-10-18-11-12-19-14-24(28-17-25(31)32)27(34,35-23(19)13-18)20-15-21(29)26(33)22(30)16-20/h11-13,15-16,29-30,33-34H,2-10,14,17H2,1H3,(H,31,32). The highest BCUT2D eigenvalue weighted by Crippen LogP contribution is 2.43. The first-order valence-electron chi connectivity index (χ1n) is 12.3. The third-order valence-electron chi connectivity index (χ3n) is 6.32. The number of unbranched alkanes of at least 4 members (excludes halogenated alkanes) is 7. The summed E-state index contributed by atoms with van der Waals surface area (Å²) in [6.45, 7) is 1.63. The lowest BCUT2D eigenvalue weighted by molar-refractivity contribution is -0.135. The molecule has 1 heterocycles. The molecule has 0 saturated carbocycles. The minimum atomic E-state index is -2.22. The minimum absolute atomic E-state index is 0.0210. The number of rotatable bonds is 12. The Kier molecular flexibility index (Phi) is 8.98. The average molecular weight is 486 g/mol. The van der Waals surface area contributed by atoms with E-state index < -0.39 is 35.5 Å². The highest BCUT2D eigenvalue weighted by Gasteiger charge is 2.43. The number of carboxylic acids is 1. The molecule has 0 aromatic heterocycles. The van der Waals surface area contributed by atoms with Crippen molar-refractivity contribution in [2.24, 2.45) is 4.99 Å². The summed E-state index contributed by atoms with van der Waals surface area (Å²) in [4.78, 5) is 15.1. The largest absolute Gasteiger partial charge is 0.504 e. The van der Waals surface area contributed by atoms with Crippen LogP contribution in [0.25, 0.3) is 0 Å². The highest BCUT2D eigenvalue weighted by molar-refractivity contribution is 5.97. The Bertz CT molecular complexity index is 1040. The van der Waals surface area contributed by atoms with E-state index in [-0.39, 0.29) is 17.7 Å². The molecule has 0 aliphatic carbocycles. The van der Waals surface area contributed by atoms with Crippen LogP contribution in [0.4, 0.5) is 0 Å². The van der Waals surface area contributed by atoms with Gasteiger partial charge in [0.15, 0.2) is 17.2 Å². The van der Waals surface area contributed by atoms with Gasteiger partial charge in [-0.3, -0.25) is 9.79 Å². The maximum absolute atomic E-state index is 11.5. The van der Waals surface area contributed by atoms with Crippen molar-refractivity contribution in [2.75, 3.05) is 6.54 Å². The fourth-order valence-electron chi connectivity index (χ4n) is 4.33.